The molecule has 0 atom stereocenters. The molecular formula is C9H6ClIN2O. The predicted octanol–water partition coefficient (Wildman–Crippen LogP) is 2.90. The van der Waals surface area contributed by atoms with Crippen LogP contribution in [-0.4, -0.2) is 17.1 Å². The zero-order valence-electron chi connectivity index (χ0n) is 7.29. The third-order valence-electron chi connectivity index (χ3n) is 1.85. The van der Waals surface area contributed by atoms with Crippen LogP contribution < -0.4 is 4.74 Å². The summed E-state index contributed by atoms with van der Waals surface area (Å²) in [5.74, 6) is 0.574. The van der Waals surface area contributed by atoms with Gasteiger partial charge in [0.25, 0.3) is 0 Å². The number of benzene rings is 1. The lowest BCUT2D eigenvalue weighted by Gasteiger charge is -2.05. The molecule has 0 spiro atoms. The smallest absolute Gasteiger partial charge is 0.224 e. The van der Waals surface area contributed by atoms with Gasteiger partial charge in [0.2, 0.25) is 5.88 Å². The maximum absolute atomic E-state index is 5.97. The second-order valence-corrected chi connectivity index (χ2v) is 4.13. The number of rotatable bonds is 1. The highest BCUT2D eigenvalue weighted by atomic mass is 127. The van der Waals surface area contributed by atoms with Gasteiger partial charge in [-0.3, -0.25) is 0 Å². The van der Waals surface area contributed by atoms with E-state index in [-0.39, 0.29) is 0 Å². The van der Waals surface area contributed by atoms with Crippen molar-refractivity contribution in [3.63, 3.8) is 0 Å². The largest absolute Gasteiger partial charge is 0.480 e. The highest BCUT2D eigenvalue weighted by molar-refractivity contribution is 14.1. The topological polar surface area (TPSA) is 35.0 Å². The molecule has 0 bridgehead atoms. The molecular weight excluding hydrogens is 314 g/mol. The van der Waals surface area contributed by atoms with E-state index in [0.29, 0.717) is 10.9 Å². The zero-order chi connectivity index (χ0) is 10.1. The molecule has 0 unspecified atom stereocenters. The molecule has 1 aromatic heterocycles. The Hall–Kier alpha value is -0.620. The molecule has 72 valence electrons. The van der Waals surface area contributed by atoms with Gasteiger partial charge in [-0.2, -0.15) is 0 Å². The van der Waals surface area contributed by atoms with Crippen molar-refractivity contribution in [2.75, 3.05) is 7.11 Å². The van der Waals surface area contributed by atoms with Gasteiger partial charge in [0.1, 0.15) is 6.33 Å². The number of hydrogen-bond donors (Lipinski definition) is 0. The maximum Gasteiger partial charge on any atom is 0.224 e. The van der Waals surface area contributed by atoms with Gasteiger partial charge in [0.15, 0.2) is 0 Å². The first-order valence-corrected chi connectivity index (χ1v) is 5.32. The monoisotopic (exact) mass is 320 g/mol. The van der Waals surface area contributed by atoms with E-state index in [1.807, 2.05) is 12.1 Å². The minimum atomic E-state index is 0.574. The van der Waals surface area contributed by atoms with Gasteiger partial charge in [0, 0.05) is 0 Å². The SMILES string of the molecule is COc1ncnc2c(I)c(Cl)ccc12. The van der Waals surface area contributed by atoms with Crippen molar-refractivity contribution >= 4 is 45.1 Å². The van der Waals surface area contributed by atoms with Crippen LogP contribution in [0.1, 0.15) is 0 Å². The van der Waals surface area contributed by atoms with Crippen LogP contribution in [0.4, 0.5) is 0 Å². The summed E-state index contributed by atoms with van der Waals surface area (Å²) in [6, 6.07) is 3.68. The van der Waals surface area contributed by atoms with Gasteiger partial charge in [-0.1, -0.05) is 11.6 Å². The quantitative estimate of drug-likeness (QED) is 0.758. The fourth-order valence-corrected chi connectivity index (χ4v) is 1.97. The van der Waals surface area contributed by atoms with Gasteiger partial charge >= 0.3 is 0 Å². The van der Waals surface area contributed by atoms with Gasteiger partial charge < -0.3 is 4.74 Å². The molecule has 0 saturated carbocycles. The van der Waals surface area contributed by atoms with E-state index >= 15 is 0 Å². The lowest BCUT2D eigenvalue weighted by Crippen LogP contribution is -1.92. The summed E-state index contributed by atoms with van der Waals surface area (Å²) in [4.78, 5) is 8.18. The summed E-state index contributed by atoms with van der Waals surface area (Å²) in [6.45, 7) is 0. The van der Waals surface area contributed by atoms with E-state index < -0.39 is 0 Å². The number of methoxy groups -OCH3 is 1. The van der Waals surface area contributed by atoms with Crippen molar-refractivity contribution in [1.82, 2.24) is 9.97 Å². The molecule has 0 saturated heterocycles. The number of fused-ring (bicyclic) bond motifs is 1. The molecule has 5 heteroatoms. The van der Waals surface area contributed by atoms with Gasteiger partial charge in [0.05, 0.1) is 26.6 Å². The Bertz CT molecular complexity index is 489. The minimum Gasteiger partial charge on any atom is -0.480 e. The Labute approximate surface area is 99.6 Å². The minimum absolute atomic E-state index is 0.574. The predicted molar refractivity (Wildman–Crippen MR) is 63.8 cm³/mol. The summed E-state index contributed by atoms with van der Waals surface area (Å²) in [5, 5.41) is 1.57. The van der Waals surface area contributed by atoms with Crippen molar-refractivity contribution in [3.8, 4) is 5.88 Å². The highest BCUT2D eigenvalue weighted by Gasteiger charge is 2.08. The van der Waals surface area contributed by atoms with Crippen LogP contribution in [0, 0.1) is 3.57 Å². The second-order valence-electron chi connectivity index (χ2n) is 2.64. The van der Waals surface area contributed by atoms with Crippen LogP contribution >= 0.6 is 34.2 Å². The highest BCUT2D eigenvalue weighted by Crippen LogP contribution is 2.29. The second kappa shape index (κ2) is 3.86. The Kier molecular flexibility index (Phi) is 2.73. The van der Waals surface area contributed by atoms with E-state index in [9.17, 15) is 0 Å². The molecule has 14 heavy (non-hydrogen) atoms. The molecule has 0 aliphatic rings. The number of ether oxygens (including phenoxy) is 1. The van der Waals surface area contributed by atoms with Crippen molar-refractivity contribution < 1.29 is 4.74 Å². The maximum atomic E-state index is 5.97. The van der Waals surface area contributed by atoms with E-state index in [2.05, 4.69) is 32.6 Å². The first-order valence-electron chi connectivity index (χ1n) is 3.86. The number of aromatic nitrogens is 2. The molecule has 0 amide bonds. The van der Waals surface area contributed by atoms with E-state index in [0.717, 1.165) is 14.5 Å². The zero-order valence-corrected chi connectivity index (χ0v) is 10.2. The van der Waals surface area contributed by atoms with Crippen LogP contribution in [0.2, 0.25) is 5.02 Å². The van der Waals surface area contributed by atoms with Crippen molar-refractivity contribution in [3.05, 3.63) is 27.1 Å². The molecule has 2 aromatic rings. The van der Waals surface area contributed by atoms with Gasteiger partial charge in [-0.15, -0.1) is 0 Å². The number of halogens is 2. The molecule has 0 radical (unpaired) electrons. The van der Waals surface area contributed by atoms with Crippen LogP contribution in [-0.2, 0) is 0 Å². The van der Waals surface area contributed by atoms with Crippen molar-refractivity contribution in [2.45, 2.75) is 0 Å². The van der Waals surface area contributed by atoms with Crippen molar-refractivity contribution in [1.29, 1.82) is 0 Å². The summed E-state index contributed by atoms with van der Waals surface area (Å²) in [7, 11) is 1.59. The summed E-state index contributed by atoms with van der Waals surface area (Å²) in [5.41, 5.74) is 0.824. The van der Waals surface area contributed by atoms with E-state index in [1.54, 1.807) is 7.11 Å². The molecule has 1 heterocycles. The Morgan fingerprint density at radius 1 is 1.36 bits per heavy atom. The molecule has 0 aliphatic carbocycles. The average Bonchev–Trinajstić information content (AvgIpc) is 2.23. The Morgan fingerprint density at radius 2 is 2.14 bits per heavy atom. The first-order chi connectivity index (χ1) is 6.74. The number of nitrogens with zero attached hydrogens (tertiary/aromatic N) is 2. The summed E-state index contributed by atoms with van der Waals surface area (Å²) < 4.78 is 6.04. The van der Waals surface area contributed by atoms with Crippen LogP contribution in [0.25, 0.3) is 10.9 Å². The van der Waals surface area contributed by atoms with Crippen molar-refractivity contribution in [2.24, 2.45) is 0 Å². The summed E-state index contributed by atoms with van der Waals surface area (Å²) >= 11 is 8.13. The third kappa shape index (κ3) is 1.52. The van der Waals surface area contributed by atoms with Crippen LogP contribution in [0.15, 0.2) is 18.5 Å². The first kappa shape index (κ1) is 9.92. The normalized spacial score (nSPS) is 10.5. The lowest BCUT2D eigenvalue weighted by atomic mass is 10.2. The molecule has 0 fully saturated rings. The third-order valence-corrected chi connectivity index (χ3v) is 3.58. The van der Waals surface area contributed by atoms with E-state index in [1.165, 1.54) is 6.33 Å². The molecule has 3 nitrogen and oxygen atoms in total. The Morgan fingerprint density at radius 3 is 2.86 bits per heavy atom. The number of hydrogen-bond acceptors (Lipinski definition) is 3. The average molecular weight is 321 g/mol. The van der Waals surface area contributed by atoms with Crippen LogP contribution in [0.5, 0.6) is 5.88 Å². The van der Waals surface area contributed by atoms with Gasteiger partial charge in [-0.05, 0) is 34.7 Å². The standard InChI is InChI=1S/C9H6ClIN2O/c1-14-9-5-2-3-6(10)7(11)8(5)12-4-13-9/h2-4H,1H3. The molecule has 1 aromatic carbocycles. The molecule has 0 N–H and O–H groups in total. The van der Waals surface area contributed by atoms with Gasteiger partial charge in [-0.25, -0.2) is 9.97 Å². The Balaban J connectivity index is 2.86. The van der Waals surface area contributed by atoms with Crippen LogP contribution in [0.3, 0.4) is 0 Å². The van der Waals surface area contributed by atoms with E-state index in [4.69, 9.17) is 16.3 Å². The summed E-state index contributed by atoms with van der Waals surface area (Å²) in [6.07, 6.45) is 1.47. The fourth-order valence-electron chi connectivity index (χ4n) is 1.21. The molecule has 0 aliphatic heterocycles. The molecule has 2 rings (SSSR count). The lowest BCUT2D eigenvalue weighted by molar-refractivity contribution is 0.402. The fraction of sp³-hybridized carbons (Fsp3) is 0.111.